The van der Waals surface area contributed by atoms with Gasteiger partial charge in [-0.3, -0.25) is 0 Å². The van der Waals surface area contributed by atoms with E-state index in [1.54, 1.807) is 12.1 Å². The average Bonchev–Trinajstić information content (AvgIpc) is 3.26. The van der Waals surface area contributed by atoms with Crippen LogP contribution in [0.4, 0.5) is 0 Å². The molecule has 1 saturated carbocycles. The largest absolute Gasteiger partial charge is 0.330 e. The summed E-state index contributed by atoms with van der Waals surface area (Å²) in [5.41, 5.74) is 6.59. The summed E-state index contributed by atoms with van der Waals surface area (Å²) in [6.07, 6.45) is 6.52. The minimum Gasteiger partial charge on any atom is -0.330 e. The van der Waals surface area contributed by atoms with Crippen molar-refractivity contribution in [1.29, 1.82) is 0 Å². The second-order valence-electron chi connectivity index (χ2n) is 5.52. The van der Waals surface area contributed by atoms with E-state index >= 15 is 0 Å². The Morgan fingerprint density at radius 3 is 2.45 bits per heavy atom. The first-order valence-corrected chi connectivity index (χ1v) is 8.89. The standard InChI is InChI=1S/C15H24N2O2S/c16-11-1-3-13-7-9-15(10-8-13)20(18,19)17-12-2-4-14-5-6-14/h7-10,14,17H,1-6,11-12,16H2. The van der Waals surface area contributed by atoms with Crippen LogP contribution in [0.15, 0.2) is 29.2 Å². The van der Waals surface area contributed by atoms with Crippen molar-refractivity contribution in [1.82, 2.24) is 4.72 Å². The number of sulfonamides is 1. The van der Waals surface area contributed by atoms with Gasteiger partial charge >= 0.3 is 0 Å². The van der Waals surface area contributed by atoms with Crippen LogP contribution in [0.25, 0.3) is 0 Å². The van der Waals surface area contributed by atoms with Crippen LogP contribution in [0.2, 0.25) is 0 Å². The van der Waals surface area contributed by atoms with E-state index in [4.69, 9.17) is 5.73 Å². The molecule has 0 spiro atoms. The highest BCUT2D eigenvalue weighted by Gasteiger charge is 2.20. The maximum absolute atomic E-state index is 12.1. The molecule has 2 rings (SSSR count). The zero-order valence-corrected chi connectivity index (χ0v) is 12.7. The van der Waals surface area contributed by atoms with Gasteiger partial charge in [-0.2, -0.15) is 0 Å². The molecule has 0 radical (unpaired) electrons. The molecule has 0 saturated heterocycles. The Morgan fingerprint density at radius 2 is 1.85 bits per heavy atom. The van der Waals surface area contributed by atoms with Crippen LogP contribution in [0, 0.1) is 5.92 Å². The average molecular weight is 296 g/mol. The Bertz CT molecular complexity index is 507. The van der Waals surface area contributed by atoms with Gasteiger partial charge in [0.1, 0.15) is 0 Å². The molecule has 1 fully saturated rings. The highest BCUT2D eigenvalue weighted by Crippen LogP contribution is 2.33. The highest BCUT2D eigenvalue weighted by atomic mass is 32.2. The lowest BCUT2D eigenvalue weighted by atomic mass is 10.1. The number of aryl methyl sites for hydroxylation is 1. The minimum atomic E-state index is -3.35. The van der Waals surface area contributed by atoms with E-state index in [-0.39, 0.29) is 0 Å². The van der Waals surface area contributed by atoms with Crippen molar-refractivity contribution in [3.05, 3.63) is 29.8 Å². The van der Waals surface area contributed by atoms with Gasteiger partial charge in [0.2, 0.25) is 10.0 Å². The molecule has 112 valence electrons. The number of benzene rings is 1. The third-order valence-corrected chi connectivity index (χ3v) is 5.16. The van der Waals surface area contributed by atoms with Crippen molar-refractivity contribution in [2.45, 2.75) is 43.4 Å². The molecule has 0 heterocycles. The topological polar surface area (TPSA) is 72.2 Å². The smallest absolute Gasteiger partial charge is 0.240 e. The highest BCUT2D eigenvalue weighted by molar-refractivity contribution is 7.89. The Hall–Kier alpha value is -0.910. The first kappa shape index (κ1) is 15.5. The van der Waals surface area contributed by atoms with Crippen molar-refractivity contribution in [2.24, 2.45) is 11.7 Å². The summed E-state index contributed by atoms with van der Waals surface area (Å²) in [7, 11) is -3.35. The molecule has 1 aromatic carbocycles. The molecule has 0 amide bonds. The van der Waals surface area contributed by atoms with E-state index in [1.165, 1.54) is 12.8 Å². The van der Waals surface area contributed by atoms with Crippen molar-refractivity contribution in [2.75, 3.05) is 13.1 Å². The Kier molecular flexibility index (Phi) is 5.57. The molecule has 0 unspecified atom stereocenters. The zero-order valence-electron chi connectivity index (χ0n) is 11.8. The number of hydrogen-bond acceptors (Lipinski definition) is 3. The van der Waals surface area contributed by atoms with E-state index in [9.17, 15) is 8.42 Å². The molecule has 0 bridgehead atoms. The van der Waals surface area contributed by atoms with Crippen LogP contribution in [0.5, 0.6) is 0 Å². The van der Waals surface area contributed by atoms with Crippen LogP contribution >= 0.6 is 0 Å². The number of rotatable bonds is 9. The molecular formula is C15H24N2O2S. The van der Waals surface area contributed by atoms with Crippen LogP contribution in [0.3, 0.4) is 0 Å². The van der Waals surface area contributed by atoms with E-state index in [2.05, 4.69) is 4.72 Å². The maximum Gasteiger partial charge on any atom is 0.240 e. The van der Waals surface area contributed by atoms with Gasteiger partial charge in [0, 0.05) is 6.54 Å². The van der Waals surface area contributed by atoms with Crippen LogP contribution in [-0.2, 0) is 16.4 Å². The number of nitrogens with one attached hydrogen (secondary N) is 1. The van der Waals surface area contributed by atoms with E-state index in [1.807, 2.05) is 12.1 Å². The van der Waals surface area contributed by atoms with Gasteiger partial charge in [0.15, 0.2) is 0 Å². The zero-order chi connectivity index (χ0) is 14.4. The summed E-state index contributed by atoms with van der Waals surface area (Å²) >= 11 is 0. The van der Waals surface area contributed by atoms with Gasteiger partial charge in [0.05, 0.1) is 4.90 Å². The monoisotopic (exact) mass is 296 g/mol. The molecule has 0 atom stereocenters. The quantitative estimate of drug-likeness (QED) is 0.685. The maximum atomic E-state index is 12.1. The molecule has 5 heteroatoms. The lowest BCUT2D eigenvalue weighted by molar-refractivity contribution is 0.572. The van der Waals surface area contributed by atoms with Gasteiger partial charge in [-0.05, 0) is 55.8 Å². The third-order valence-electron chi connectivity index (χ3n) is 3.68. The SMILES string of the molecule is NCCCc1ccc(S(=O)(=O)NCCCC2CC2)cc1. The minimum absolute atomic E-state index is 0.348. The molecule has 4 nitrogen and oxygen atoms in total. The normalized spacial score (nSPS) is 15.4. The molecule has 1 aromatic rings. The van der Waals surface area contributed by atoms with Gasteiger partial charge in [-0.25, -0.2) is 13.1 Å². The second-order valence-corrected chi connectivity index (χ2v) is 7.29. The van der Waals surface area contributed by atoms with Gasteiger partial charge in [0.25, 0.3) is 0 Å². The molecule has 3 N–H and O–H groups in total. The van der Waals surface area contributed by atoms with Gasteiger partial charge < -0.3 is 5.73 Å². The van der Waals surface area contributed by atoms with Crippen molar-refractivity contribution >= 4 is 10.0 Å². The van der Waals surface area contributed by atoms with Crippen molar-refractivity contribution < 1.29 is 8.42 Å². The van der Waals surface area contributed by atoms with Crippen LogP contribution < -0.4 is 10.5 Å². The van der Waals surface area contributed by atoms with Gasteiger partial charge in [-0.1, -0.05) is 25.0 Å². The predicted octanol–water partition coefficient (Wildman–Crippen LogP) is 2.05. The first-order valence-electron chi connectivity index (χ1n) is 7.40. The second kappa shape index (κ2) is 7.20. The summed E-state index contributed by atoms with van der Waals surface area (Å²) in [5, 5.41) is 0. The van der Waals surface area contributed by atoms with Crippen molar-refractivity contribution in [3.8, 4) is 0 Å². The van der Waals surface area contributed by atoms with Gasteiger partial charge in [-0.15, -0.1) is 0 Å². The van der Waals surface area contributed by atoms with E-state index < -0.39 is 10.0 Å². The lowest BCUT2D eigenvalue weighted by Gasteiger charge is -2.07. The molecule has 1 aliphatic rings. The fraction of sp³-hybridized carbons (Fsp3) is 0.600. The summed E-state index contributed by atoms with van der Waals surface area (Å²) < 4.78 is 26.8. The van der Waals surface area contributed by atoms with Crippen LogP contribution in [0.1, 0.15) is 37.7 Å². The summed E-state index contributed by atoms with van der Waals surface area (Å²) in [6.45, 7) is 1.19. The first-order chi connectivity index (χ1) is 9.62. The molecule has 0 aliphatic heterocycles. The Labute approximate surface area is 121 Å². The van der Waals surface area contributed by atoms with Crippen molar-refractivity contribution in [3.63, 3.8) is 0 Å². The summed E-state index contributed by atoms with van der Waals surface area (Å²) in [5.74, 6) is 0.848. The Morgan fingerprint density at radius 1 is 1.15 bits per heavy atom. The lowest BCUT2D eigenvalue weighted by Crippen LogP contribution is -2.24. The summed E-state index contributed by atoms with van der Waals surface area (Å²) in [6, 6.07) is 7.09. The van der Waals surface area contributed by atoms with Crippen LogP contribution in [-0.4, -0.2) is 21.5 Å². The predicted molar refractivity (Wildman–Crippen MR) is 81.0 cm³/mol. The fourth-order valence-corrected chi connectivity index (χ4v) is 3.30. The van der Waals surface area contributed by atoms with E-state index in [0.717, 1.165) is 37.2 Å². The number of nitrogens with two attached hydrogens (primary N) is 1. The third kappa shape index (κ3) is 4.89. The fourth-order valence-electron chi connectivity index (χ4n) is 2.23. The number of hydrogen-bond donors (Lipinski definition) is 2. The molecule has 1 aliphatic carbocycles. The molecular weight excluding hydrogens is 272 g/mol. The molecule has 0 aromatic heterocycles. The molecule has 20 heavy (non-hydrogen) atoms. The Balaban J connectivity index is 1.83. The van der Waals surface area contributed by atoms with E-state index in [0.29, 0.717) is 18.0 Å². The summed E-state index contributed by atoms with van der Waals surface area (Å²) in [4.78, 5) is 0.348.